The van der Waals surface area contributed by atoms with Crippen LogP contribution in [0.25, 0.3) is 11.4 Å². The Balaban J connectivity index is 2.62. The summed E-state index contributed by atoms with van der Waals surface area (Å²) in [4.78, 5) is 0. The minimum atomic E-state index is 0.581. The maximum Gasteiger partial charge on any atom is 0.183 e. The number of halogens is 1. The van der Waals surface area contributed by atoms with Crippen LogP contribution in [0.3, 0.4) is 0 Å². The van der Waals surface area contributed by atoms with Gasteiger partial charge in [-0.3, -0.25) is 0 Å². The highest BCUT2D eigenvalue weighted by molar-refractivity contribution is 6.33. The molecular weight excluding hydrogens is 202 g/mol. The first-order valence-corrected chi connectivity index (χ1v) is 4.34. The van der Waals surface area contributed by atoms with Gasteiger partial charge in [0.05, 0.1) is 5.02 Å². The van der Waals surface area contributed by atoms with Crippen LogP contribution in [0.15, 0.2) is 18.2 Å². The van der Waals surface area contributed by atoms with E-state index in [2.05, 4.69) is 15.5 Å². The van der Waals surface area contributed by atoms with Gasteiger partial charge in [0, 0.05) is 18.3 Å². The van der Waals surface area contributed by atoms with Crippen LogP contribution < -0.4 is 5.73 Å². The number of aromatic nitrogens is 4. The number of hydrogen-bond donors (Lipinski definition) is 1. The van der Waals surface area contributed by atoms with E-state index in [0.717, 1.165) is 5.56 Å². The first kappa shape index (κ1) is 8.96. The number of anilines is 1. The number of nitrogens with zero attached hydrogens (tertiary/aromatic N) is 4. The monoisotopic (exact) mass is 209 g/mol. The Morgan fingerprint density at radius 3 is 2.86 bits per heavy atom. The number of rotatable bonds is 1. The molecule has 0 radical (unpaired) electrons. The van der Waals surface area contributed by atoms with E-state index < -0.39 is 0 Å². The lowest BCUT2D eigenvalue weighted by Crippen LogP contribution is -1.96. The molecule has 0 spiro atoms. The Morgan fingerprint density at radius 1 is 1.43 bits per heavy atom. The van der Waals surface area contributed by atoms with Gasteiger partial charge < -0.3 is 5.73 Å². The van der Waals surface area contributed by atoms with Crippen LogP contribution in [0.2, 0.25) is 5.02 Å². The van der Waals surface area contributed by atoms with Crippen LogP contribution in [0.4, 0.5) is 5.69 Å². The average Bonchev–Trinajstić information content (AvgIpc) is 2.56. The van der Waals surface area contributed by atoms with E-state index in [4.69, 9.17) is 17.3 Å². The van der Waals surface area contributed by atoms with Gasteiger partial charge in [-0.15, -0.1) is 5.10 Å². The molecule has 2 N–H and O–H groups in total. The second-order valence-corrected chi connectivity index (χ2v) is 3.27. The van der Waals surface area contributed by atoms with Crippen LogP contribution in [0.1, 0.15) is 0 Å². The van der Waals surface area contributed by atoms with Crippen molar-refractivity contribution in [2.24, 2.45) is 7.05 Å². The van der Waals surface area contributed by atoms with Crippen LogP contribution in [-0.2, 0) is 7.05 Å². The standard InChI is InChI=1S/C8H8ClN5/c1-14-8(11-12-13-14)6-4-5(10)2-3-7(6)9/h2-4H,10H2,1H3. The van der Waals surface area contributed by atoms with Gasteiger partial charge in [-0.05, 0) is 28.6 Å². The van der Waals surface area contributed by atoms with E-state index in [-0.39, 0.29) is 0 Å². The molecule has 2 rings (SSSR count). The highest BCUT2D eigenvalue weighted by atomic mass is 35.5. The van der Waals surface area contributed by atoms with E-state index in [1.165, 1.54) is 0 Å². The van der Waals surface area contributed by atoms with Crippen molar-refractivity contribution < 1.29 is 0 Å². The molecule has 1 heterocycles. The highest BCUT2D eigenvalue weighted by Crippen LogP contribution is 2.27. The zero-order valence-corrected chi connectivity index (χ0v) is 8.23. The fourth-order valence-corrected chi connectivity index (χ4v) is 1.37. The molecule has 0 aliphatic carbocycles. The summed E-state index contributed by atoms with van der Waals surface area (Å²) in [6.07, 6.45) is 0. The van der Waals surface area contributed by atoms with Gasteiger partial charge >= 0.3 is 0 Å². The maximum atomic E-state index is 6.00. The summed E-state index contributed by atoms with van der Waals surface area (Å²) in [6.45, 7) is 0. The third-order valence-corrected chi connectivity index (χ3v) is 2.18. The molecule has 1 aromatic heterocycles. The number of benzene rings is 1. The second-order valence-electron chi connectivity index (χ2n) is 2.87. The van der Waals surface area contributed by atoms with E-state index >= 15 is 0 Å². The van der Waals surface area contributed by atoms with Crippen molar-refractivity contribution in [3.05, 3.63) is 23.2 Å². The van der Waals surface area contributed by atoms with Gasteiger partial charge in [0.1, 0.15) is 0 Å². The van der Waals surface area contributed by atoms with E-state index in [9.17, 15) is 0 Å². The Labute approximate surface area is 85.5 Å². The van der Waals surface area contributed by atoms with E-state index in [1.54, 1.807) is 29.9 Å². The lowest BCUT2D eigenvalue weighted by Gasteiger charge is -2.02. The Bertz CT molecular complexity index is 465. The van der Waals surface area contributed by atoms with Crippen molar-refractivity contribution in [1.82, 2.24) is 20.2 Å². The second kappa shape index (κ2) is 3.26. The molecule has 2 aromatic rings. The summed E-state index contributed by atoms with van der Waals surface area (Å²) in [5, 5.41) is 11.7. The molecule has 0 fully saturated rings. The molecule has 72 valence electrons. The minimum absolute atomic E-state index is 0.581. The topological polar surface area (TPSA) is 69.6 Å². The summed E-state index contributed by atoms with van der Waals surface area (Å²) in [7, 11) is 1.74. The Hall–Kier alpha value is -1.62. The molecule has 0 unspecified atom stereocenters. The average molecular weight is 210 g/mol. The summed E-state index contributed by atoms with van der Waals surface area (Å²) in [6, 6.07) is 5.20. The minimum Gasteiger partial charge on any atom is -0.399 e. The molecule has 0 saturated heterocycles. The van der Waals surface area contributed by atoms with Crippen LogP contribution >= 0.6 is 11.6 Å². The van der Waals surface area contributed by atoms with Crippen molar-refractivity contribution in [2.75, 3.05) is 5.73 Å². The zero-order chi connectivity index (χ0) is 10.1. The number of nitrogen functional groups attached to an aromatic ring is 1. The largest absolute Gasteiger partial charge is 0.399 e. The molecular formula is C8H8ClN5. The van der Waals surface area contributed by atoms with Gasteiger partial charge in [0.15, 0.2) is 5.82 Å². The van der Waals surface area contributed by atoms with E-state index in [0.29, 0.717) is 16.5 Å². The smallest absolute Gasteiger partial charge is 0.183 e. The highest BCUT2D eigenvalue weighted by Gasteiger charge is 2.09. The van der Waals surface area contributed by atoms with Crippen molar-refractivity contribution in [3.8, 4) is 11.4 Å². The van der Waals surface area contributed by atoms with E-state index in [1.807, 2.05) is 0 Å². The number of aryl methyl sites for hydroxylation is 1. The Kier molecular flexibility index (Phi) is 2.09. The Morgan fingerprint density at radius 2 is 2.21 bits per heavy atom. The van der Waals surface area contributed by atoms with Gasteiger partial charge in [-0.1, -0.05) is 11.6 Å². The number of nitrogens with two attached hydrogens (primary N) is 1. The van der Waals surface area contributed by atoms with Crippen LogP contribution in [0.5, 0.6) is 0 Å². The molecule has 0 bridgehead atoms. The van der Waals surface area contributed by atoms with Gasteiger partial charge in [-0.2, -0.15) is 0 Å². The van der Waals surface area contributed by atoms with Crippen molar-refractivity contribution in [2.45, 2.75) is 0 Å². The summed E-state index contributed by atoms with van der Waals surface area (Å²) in [5.41, 5.74) is 7.01. The third kappa shape index (κ3) is 1.42. The first-order chi connectivity index (χ1) is 6.68. The van der Waals surface area contributed by atoms with Gasteiger partial charge in [0.2, 0.25) is 0 Å². The molecule has 0 amide bonds. The summed E-state index contributed by atoms with van der Waals surface area (Å²) in [5.74, 6) is 0.599. The maximum absolute atomic E-state index is 6.00. The molecule has 6 heteroatoms. The van der Waals surface area contributed by atoms with Gasteiger partial charge in [-0.25, -0.2) is 4.68 Å². The predicted octanol–water partition coefficient (Wildman–Crippen LogP) is 1.11. The zero-order valence-electron chi connectivity index (χ0n) is 7.48. The van der Waals surface area contributed by atoms with Crippen LogP contribution in [-0.4, -0.2) is 20.2 Å². The van der Waals surface area contributed by atoms with Crippen LogP contribution in [0, 0.1) is 0 Å². The molecule has 5 nitrogen and oxygen atoms in total. The summed E-state index contributed by atoms with van der Waals surface area (Å²) >= 11 is 6.00. The van der Waals surface area contributed by atoms with Crippen molar-refractivity contribution >= 4 is 17.3 Å². The van der Waals surface area contributed by atoms with Gasteiger partial charge in [0.25, 0.3) is 0 Å². The lowest BCUT2D eigenvalue weighted by molar-refractivity contribution is 0.715. The number of hydrogen-bond acceptors (Lipinski definition) is 4. The fraction of sp³-hybridized carbons (Fsp3) is 0.125. The molecule has 0 atom stereocenters. The lowest BCUT2D eigenvalue weighted by atomic mass is 10.2. The van der Waals surface area contributed by atoms with Crippen molar-refractivity contribution in [1.29, 1.82) is 0 Å². The quantitative estimate of drug-likeness (QED) is 0.715. The molecule has 0 aliphatic heterocycles. The predicted molar refractivity (Wildman–Crippen MR) is 53.7 cm³/mol. The molecule has 0 aliphatic rings. The molecule has 14 heavy (non-hydrogen) atoms. The first-order valence-electron chi connectivity index (χ1n) is 3.96. The fourth-order valence-electron chi connectivity index (χ4n) is 1.17. The number of tetrazole rings is 1. The van der Waals surface area contributed by atoms with Crippen molar-refractivity contribution in [3.63, 3.8) is 0 Å². The molecule has 0 saturated carbocycles. The normalized spacial score (nSPS) is 10.4. The third-order valence-electron chi connectivity index (χ3n) is 1.85. The molecule has 1 aromatic carbocycles. The summed E-state index contributed by atoms with van der Waals surface area (Å²) < 4.78 is 1.54. The SMILES string of the molecule is Cn1nnnc1-c1cc(N)ccc1Cl.